The van der Waals surface area contributed by atoms with Gasteiger partial charge in [-0.25, -0.2) is 18.2 Å². The number of nitrogens with one attached hydrogen (secondary N) is 3. The molecule has 3 aromatic rings. The molecule has 110 valence electrons. The highest BCUT2D eigenvalue weighted by Crippen LogP contribution is 2.30. The molecule has 7 nitrogen and oxygen atoms in total. The Morgan fingerprint density at radius 2 is 1.95 bits per heavy atom. The van der Waals surface area contributed by atoms with Crippen LogP contribution in [0.25, 0.3) is 11.0 Å². The summed E-state index contributed by atoms with van der Waals surface area (Å²) in [6, 6.07) is 3.11. The van der Waals surface area contributed by atoms with E-state index in [1.807, 2.05) is 0 Å². The lowest BCUT2D eigenvalue weighted by Gasteiger charge is -2.08. The van der Waals surface area contributed by atoms with Crippen molar-refractivity contribution in [3.8, 4) is 0 Å². The predicted octanol–water partition coefficient (Wildman–Crippen LogP) is 2.53. The standard InChI is InChI=1S/C10H6BrClN4O3S2/c11-4-1-6-7(15-10(17)14-6)2-5(4)16-21(18,19)8-3-13-9(12)20-8/h1-3,16H,(H2,14,15,17). The van der Waals surface area contributed by atoms with Crippen LogP contribution in [0.3, 0.4) is 0 Å². The smallest absolute Gasteiger partial charge is 0.306 e. The summed E-state index contributed by atoms with van der Waals surface area (Å²) in [5.74, 6) is 0. The summed E-state index contributed by atoms with van der Waals surface area (Å²) in [7, 11) is -3.79. The molecule has 0 unspecified atom stereocenters. The van der Waals surface area contributed by atoms with Crippen LogP contribution in [-0.2, 0) is 10.0 Å². The fraction of sp³-hybridized carbons (Fsp3) is 0. The number of imidazole rings is 1. The quantitative estimate of drug-likeness (QED) is 0.617. The molecule has 0 saturated heterocycles. The van der Waals surface area contributed by atoms with Crippen LogP contribution in [-0.4, -0.2) is 23.4 Å². The molecule has 0 bridgehead atoms. The summed E-state index contributed by atoms with van der Waals surface area (Å²) in [5.41, 5.74) is 0.979. The van der Waals surface area contributed by atoms with Crippen molar-refractivity contribution in [1.29, 1.82) is 0 Å². The Morgan fingerprint density at radius 3 is 2.57 bits per heavy atom. The summed E-state index contributed by atoms with van der Waals surface area (Å²) >= 11 is 9.75. The molecule has 21 heavy (non-hydrogen) atoms. The summed E-state index contributed by atoms with van der Waals surface area (Å²) in [6.07, 6.45) is 1.18. The van der Waals surface area contributed by atoms with E-state index < -0.39 is 10.0 Å². The molecule has 0 spiro atoms. The van der Waals surface area contributed by atoms with E-state index in [4.69, 9.17) is 11.6 Å². The molecule has 0 atom stereocenters. The molecule has 0 amide bonds. The molecule has 0 aliphatic heterocycles. The first kappa shape index (κ1) is 14.6. The summed E-state index contributed by atoms with van der Waals surface area (Å²) in [5, 5.41) is 0. The molecular weight excluding hydrogens is 404 g/mol. The Morgan fingerprint density at radius 1 is 1.29 bits per heavy atom. The van der Waals surface area contributed by atoms with Crippen LogP contribution in [0.5, 0.6) is 0 Å². The minimum Gasteiger partial charge on any atom is -0.306 e. The van der Waals surface area contributed by atoms with Crippen molar-refractivity contribution in [1.82, 2.24) is 15.0 Å². The van der Waals surface area contributed by atoms with E-state index in [2.05, 4.69) is 35.6 Å². The minimum atomic E-state index is -3.79. The summed E-state index contributed by atoms with van der Waals surface area (Å²) in [6.45, 7) is 0. The van der Waals surface area contributed by atoms with Crippen LogP contribution in [0.15, 0.2) is 31.8 Å². The van der Waals surface area contributed by atoms with Gasteiger partial charge >= 0.3 is 5.69 Å². The Kier molecular flexibility index (Phi) is 3.56. The third-order valence-electron chi connectivity index (χ3n) is 2.57. The molecule has 3 N–H and O–H groups in total. The maximum atomic E-state index is 12.2. The van der Waals surface area contributed by atoms with Crippen LogP contribution in [0.4, 0.5) is 5.69 Å². The number of halogens is 2. The van der Waals surface area contributed by atoms with E-state index in [1.54, 1.807) is 6.07 Å². The zero-order chi connectivity index (χ0) is 15.2. The van der Waals surface area contributed by atoms with E-state index in [1.165, 1.54) is 12.3 Å². The van der Waals surface area contributed by atoms with Gasteiger partial charge < -0.3 is 9.97 Å². The van der Waals surface area contributed by atoms with Crippen molar-refractivity contribution < 1.29 is 8.42 Å². The van der Waals surface area contributed by atoms with Crippen LogP contribution >= 0.6 is 38.9 Å². The topological polar surface area (TPSA) is 108 Å². The second kappa shape index (κ2) is 5.13. The van der Waals surface area contributed by atoms with E-state index >= 15 is 0 Å². The first-order valence-corrected chi connectivity index (χ1v) is 8.88. The number of thiazole rings is 1. The van der Waals surface area contributed by atoms with E-state index in [0.717, 1.165) is 11.3 Å². The van der Waals surface area contributed by atoms with Crippen molar-refractivity contribution in [3.05, 3.63) is 37.8 Å². The minimum absolute atomic E-state index is 0.00191. The number of benzene rings is 1. The van der Waals surface area contributed by atoms with Gasteiger partial charge in [-0.3, -0.25) is 4.72 Å². The number of anilines is 1. The van der Waals surface area contributed by atoms with Gasteiger partial charge in [-0.1, -0.05) is 22.9 Å². The molecule has 2 aromatic heterocycles. The first-order chi connectivity index (χ1) is 9.85. The second-order valence-electron chi connectivity index (χ2n) is 3.99. The van der Waals surface area contributed by atoms with Crippen molar-refractivity contribution in [2.45, 2.75) is 4.21 Å². The largest absolute Gasteiger partial charge is 0.323 e. The zero-order valence-electron chi connectivity index (χ0n) is 9.98. The van der Waals surface area contributed by atoms with Gasteiger partial charge in [0.15, 0.2) is 8.68 Å². The lowest BCUT2D eigenvalue weighted by atomic mass is 10.3. The lowest BCUT2D eigenvalue weighted by Crippen LogP contribution is -2.11. The normalized spacial score (nSPS) is 11.9. The van der Waals surface area contributed by atoms with Gasteiger partial charge in [-0.15, -0.1) is 0 Å². The molecule has 1 aromatic carbocycles. The Balaban J connectivity index is 2.04. The second-order valence-corrected chi connectivity index (χ2v) is 8.37. The first-order valence-electron chi connectivity index (χ1n) is 5.41. The van der Waals surface area contributed by atoms with E-state index in [9.17, 15) is 13.2 Å². The third kappa shape index (κ3) is 2.84. The molecule has 11 heteroatoms. The fourth-order valence-corrected chi connectivity index (χ4v) is 4.63. The van der Waals surface area contributed by atoms with Crippen molar-refractivity contribution in [2.24, 2.45) is 0 Å². The Bertz CT molecular complexity index is 991. The van der Waals surface area contributed by atoms with Crippen LogP contribution in [0, 0.1) is 0 Å². The van der Waals surface area contributed by atoms with Crippen molar-refractivity contribution in [2.75, 3.05) is 4.72 Å². The number of rotatable bonds is 3. The monoisotopic (exact) mass is 408 g/mol. The number of sulfonamides is 1. The van der Waals surface area contributed by atoms with Gasteiger partial charge in [0, 0.05) is 4.47 Å². The van der Waals surface area contributed by atoms with Crippen LogP contribution in [0.1, 0.15) is 0 Å². The molecule has 0 aliphatic carbocycles. The highest BCUT2D eigenvalue weighted by molar-refractivity contribution is 9.10. The maximum Gasteiger partial charge on any atom is 0.323 e. The zero-order valence-corrected chi connectivity index (χ0v) is 14.0. The number of fused-ring (bicyclic) bond motifs is 1. The average Bonchev–Trinajstić information content (AvgIpc) is 2.95. The van der Waals surface area contributed by atoms with E-state index in [0.29, 0.717) is 21.2 Å². The van der Waals surface area contributed by atoms with Gasteiger partial charge in [0.1, 0.15) is 0 Å². The van der Waals surface area contributed by atoms with Gasteiger partial charge in [-0.05, 0) is 28.1 Å². The maximum absolute atomic E-state index is 12.2. The van der Waals surface area contributed by atoms with Gasteiger partial charge in [0.25, 0.3) is 10.0 Å². The number of hydrogen-bond acceptors (Lipinski definition) is 5. The number of nitrogens with zero attached hydrogens (tertiary/aromatic N) is 1. The number of H-pyrrole nitrogens is 2. The highest BCUT2D eigenvalue weighted by atomic mass is 79.9. The predicted molar refractivity (Wildman–Crippen MR) is 84.6 cm³/mol. The molecule has 0 fully saturated rings. The number of hydrogen-bond donors (Lipinski definition) is 3. The fourth-order valence-electron chi connectivity index (χ4n) is 1.69. The third-order valence-corrected chi connectivity index (χ3v) is 6.17. The highest BCUT2D eigenvalue weighted by Gasteiger charge is 2.19. The Hall–Kier alpha value is -1.36. The van der Waals surface area contributed by atoms with Crippen molar-refractivity contribution >= 4 is 65.6 Å². The number of aromatic nitrogens is 3. The molecule has 0 saturated carbocycles. The number of aromatic amines is 2. The molecule has 0 aliphatic rings. The van der Waals surface area contributed by atoms with Crippen LogP contribution in [0.2, 0.25) is 4.47 Å². The summed E-state index contributed by atoms with van der Waals surface area (Å²) < 4.78 is 27.5. The Labute approximate surface area is 135 Å². The molecule has 3 rings (SSSR count). The van der Waals surface area contributed by atoms with Crippen molar-refractivity contribution in [3.63, 3.8) is 0 Å². The van der Waals surface area contributed by atoms with Crippen LogP contribution < -0.4 is 10.4 Å². The molecular formula is C10H6BrClN4O3S2. The SMILES string of the molecule is O=c1[nH]c2cc(Br)c(NS(=O)(=O)c3cnc(Cl)s3)cc2[nH]1. The van der Waals surface area contributed by atoms with Gasteiger partial charge in [0.2, 0.25) is 0 Å². The molecule has 0 radical (unpaired) electrons. The van der Waals surface area contributed by atoms with E-state index in [-0.39, 0.29) is 14.4 Å². The molecule has 2 heterocycles. The average molecular weight is 410 g/mol. The summed E-state index contributed by atoms with van der Waals surface area (Å²) in [4.78, 5) is 20.1. The van der Waals surface area contributed by atoms with Gasteiger partial charge in [-0.2, -0.15) is 0 Å². The lowest BCUT2D eigenvalue weighted by molar-refractivity contribution is 0.603. The van der Waals surface area contributed by atoms with Gasteiger partial charge in [0.05, 0.1) is 22.9 Å².